The van der Waals surface area contributed by atoms with Crippen LogP contribution in [0.4, 0.5) is 11.4 Å². The van der Waals surface area contributed by atoms with Gasteiger partial charge < -0.3 is 4.90 Å². The number of anilines is 2. The van der Waals surface area contributed by atoms with Crippen molar-refractivity contribution >= 4 is 43.2 Å². The van der Waals surface area contributed by atoms with Crippen LogP contribution in [0.5, 0.6) is 0 Å². The molecule has 1 N–H and O–H groups in total. The lowest BCUT2D eigenvalue weighted by molar-refractivity contribution is 0.0988. The van der Waals surface area contributed by atoms with Crippen molar-refractivity contribution in [1.29, 1.82) is 0 Å². The second kappa shape index (κ2) is 8.58. The molecule has 0 aliphatic heterocycles. The minimum absolute atomic E-state index is 0.143. The number of halogens is 1. The maximum absolute atomic E-state index is 12.8. The third kappa shape index (κ3) is 4.61. The summed E-state index contributed by atoms with van der Waals surface area (Å²) in [6, 6.07) is 22.2. The van der Waals surface area contributed by atoms with E-state index in [9.17, 15) is 13.2 Å². The summed E-state index contributed by atoms with van der Waals surface area (Å²) in [4.78, 5) is 14.6. The van der Waals surface area contributed by atoms with Crippen LogP contribution in [-0.2, 0) is 10.0 Å². The quantitative estimate of drug-likeness (QED) is 0.569. The van der Waals surface area contributed by atoms with Crippen molar-refractivity contribution in [2.75, 3.05) is 16.2 Å². The average Bonchev–Trinajstić information content (AvgIpc) is 2.70. The fourth-order valence-electron chi connectivity index (χ4n) is 2.72. The van der Waals surface area contributed by atoms with Gasteiger partial charge in [-0.3, -0.25) is 9.52 Å². The number of hydrogen-bond acceptors (Lipinski definition) is 3. The Morgan fingerprint density at radius 3 is 2.11 bits per heavy atom. The van der Waals surface area contributed by atoms with Crippen LogP contribution in [-0.4, -0.2) is 20.9 Å². The van der Waals surface area contributed by atoms with Crippen LogP contribution in [0.2, 0.25) is 0 Å². The third-order valence-electron chi connectivity index (χ3n) is 4.14. The molecular weight excluding hydrogens is 440 g/mol. The molecule has 0 unspecified atom stereocenters. The largest absolute Gasteiger partial charge is 0.309 e. The maximum atomic E-state index is 12.8. The van der Waals surface area contributed by atoms with Gasteiger partial charge in [-0.25, -0.2) is 8.42 Å². The predicted octanol–water partition coefficient (Wildman–Crippen LogP) is 4.92. The first kappa shape index (κ1) is 20.1. The molecule has 1 amide bonds. The molecular formula is C21H19BrN2O3S. The number of hydrogen-bond donors (Lipinski definition) is 1. The lowest BCUT2D eigenvalue weighted by Gasteiger charge is -2.21. The highest BCUT2D eigenvalue weighted by atomic mass is 79.9. The second-order valence-corrected chi connectivity index (χ2v) is 8.62. The number of rotatable bonds is 6. The van der Waals surface area contributed by atoms with Crippen molar-refractivity contribution in [2.45, 2.75) is 11.8 Å². The summed E-state index contributed by atoms with van der Waals surface area (Å²) in [6.07, 6.45) is 0. The average molecular weight is 459 g/mol. The zero-order chi connectivity index (χ0) is 20.1. The van der Waals surface area contributed by atoms with Gasteiger partial charge in [0, 0.05) is 28.0 Å². The van der Waals surface area contributed by atoms with Gasteiger partial charge in [-0.15, -0.1) is 0 Å². The van der Waals surface area contributed by atoms with Gasteiger partial charge in [0.1, 0.15) is 0 Å². The standard InChI is InChI=1S/C21H19BrN2O3S/c1-2-24(19-6-4-3-5-7-19)21(25)16-8-12-18(13-9-16)23-28(26,27)20-14-10-17(22)11-15-20/h3-15,23H,2H2,1H3. The lowest BCUT2D eigenvalue weighted by atomic mass is 10.1. The zero-order valence-electron chi connectivity index (χ0n) is 15.2. The van der Waals surface area contributed by atoms with E-state index >= 15 is 0 Å². The highest BCUT2D eigenvalue weighted by molar-refractivity contribution is 9.10. The first-order chi connectivity index (χ1) is 13.4. The minimum atomic E-state index is -3.69. The van der Waals surface area contributed by atoms with Crippen LogP contribution in [0.1, 0.15) is 17.3 Å². The van der Waals surface area contributed by atoms with Gasteiger partial charge in [-0.05, 0) is 67.6 Å². The van der Waals surface area contributed by atoms with E-state index in [0.29, 0.717) is 17.8 Å². The molecule has 0 atom stereocenters. The minimum Gasteiger partial charge on any atom is -0.309 e. The Morgan fingerprint density at radius 1 is 0.929 bits per heavy atom. The van der Waals surface area contributed by atoms with Gasteiger partial charge in [-0.2, -0.15) is 0 Å². The summed E-state index contributed by atoms with van der Waals surface area (Å²) in [7, 11) is -3.69. The van der Waals surface area contributed by atoms with E-state index < -0.39 is 10.0 Å². The third-order valence-corrected chi connectivity index (χ3v) is 6.06. The molecule has 144 valence electrons. The topological polar surface area (TPSA) is 66.5 Å². The molecule has 3 rings (SSSR count). The maximum Gasteiger partial charge on any atom is 0.261 e. The van der Waals surface area contributed by atoms with Crippen LogP contribution in [0.3, 0.4) is 0 Å². The Kier molecular flexibility index (Phi) is 6.16. The van der Waals surface area contributed by atoms with E-state index in [1.807, 2.05) is 37.3 Å². The summed E-state index contributed by atoms with van der Waals surface area (Å²) < 4.78 is 28.3. The summed E-state index contributed by atoms with van der Waals surface area (Å²) in [5.41, 5.74) is 1.69. The Bertz CT molecular complexity index is 1050. The Hall–Kier alpha value is -2.64. The fourth-order valence-corrected chi connectivity index (χ4v) is 4.04. The smallest absolute Gasteiger partial charge is 0.261 e. The second-order valence-electron chi connectivity index (χ2n) is 6.02. The molecule has 0 saturated carbocycles. The summed E-state index contributed by atoms with van der Waals surface area (Å²) >= 11 is 3.28. The molecule has 7 heteroatoms. The normalized spacial score (nSPS) is 11.1. The number of amides is 1. The number of sulfonamides is 1. The van der Waals surface area contributed by atoms with E-state index in [1.165, 1.54) is 12.1 Å². The molecule has 0 saturated heterocycles. The molecule has 0 aliphatic rings. The number of nitrogens with one attached hydrogen (secondary N) is 1. The summed E-state index contributed by atoms with van der Waals surface area (Å²) in [6.45, 7) is 2.44. The fraction of sp³-hybridized carbons (Fsp3) is 0.0952. The molecule has 0 aliphatic carbocycles. The predicted molar refractivity (Wildman–Crippen MR) is 115 cm³/mol. The molecule has 28 heavy (non-hydrogen) atoms. The van der Waals surface area contributed by atoms with Crippen molar-refractivity contribution in [2.24, 2.45) is 0 Å². The van der Waals surface area contributed by atoms with Gasteiger partial charge >= 0.3 is 0 Å². The Labute approximate surface area is 173 Å². The van der Waals surface area contributed by atoms with Crippen LogP contribution in [0.15, 0.2) is 88.2 Å². The first-order valence-electron chi connectivity index (χ1n) is 8.66. The van der Waals surface area contributed by atoms with Gasteiger partial charge in [0.25, 0.3) is 15.9 Å². The van der Waals surface area contributed by atoms with E-state index in [4.69, 9.17) is 0 Å². The number of carbonyl (C=O) groups excluding carboxylic acids is 1. The van der Waals surface area contributed by atoms with Crippen molar-refractivity contribution in [1.82, 2.24) is 0 Å². The van der Waals surface area contributed by atoms with Crippen LogP contribution in [0.25, 0.3) is 0 Å². The molecule has 0 spiro atoms. The van der Waals surface area contributed by atoms with Crippen molar-refractivity contribution in [3.05, 3.63) is 88.9 Å². The van der Waals surface area contributed by atoms with E-state index in [0.717, 1.165) is 10.2 Å². The monoisotopic (exact) mass is 458 g/mol. The van der Waals surface area contributed by atoms with Crippen molar-refractivity contribution < 1.29 is 13.2 Å². The zero-order valence-corrected chi connectivity index (χ0v) is 17.6. The van der Waals surface area contributed by atoms with Gasteiger partial charge in [0.15, 0.2) is 0 Å². The van der Waals surface area contributed by atoms with Crippen LogP contribution < -0.4 is 9.62 Å². The van der Waals surface area contributed by atoms with E-state index in [2.05, 4.69) is 20.7 Å². The molecule has 3 aromatic rings. The Morgan fingerprint density at radius 2 is 1.54 bits per heavy atom. The van der Waals surface area contributed by atoms with Crippen LogP contribution >= 0.6 is 15.9 Å². The SMILES string of the molecule is CCN(C(=O)c1ccc(NS(=O)(=O)c2ccc(Br)cc2)cc1)c1ccccc1. The number of nitrogens with zero attached hydrogens (tertiary/aromatic N) is 1. The van der Waals surface area contributed by atoms with E-state index in [1.54, 1.807) is 41.3 Å². The number of carbonyl (C=O) groups is 1. The number of benzene rings is 3. The molecule has 5 nitrogen and oxygen atoms in total. The van der Waals surface area contributed by atoms with Gasteiger partial charge in [0.05, 0.1) is 4.90 Å². The molecule has 0 radical (unpaired) electrons. The molecule has 0 heterocycles. The molecule has 0 aromatic heterocycles. The highest BCUT2D eigenvalue weighted by Gasteiger charge is 2.17. The Balaban J connectivity index is 1.77. The van der Waals surface area contributed by atoms with Gasteiger partial charge in [-0.1, -0.05) is 34.1 Å². The van der Waals surface area contributed by atoms with Crippen molar-refractivity contribution in [3.8, 4) is 0 Å². The van der Waals surface area contributed by atoms with Crippen LogP contribution in [0, 0.1) is 0 Å². The molecule has 0 fully saturated rings. The summed E-state index contributed by atoms with van der Waals surface area (Å²) in [5, 5.41) is 0. The highest BCUT2D eigenvalue weighted by Crippen LogP contribution is 2.21. The molecule has 3 aromatic carbocycles. The number of para-hydroxylation sites is 1. The van der Waals surface area contributed by atoms with E-state index in [-0.39, 0.29) is 10.8 Å². The molecule has 0 bridgehead atoms. The summed E-state index contributed by atoms with van der Waals surface area (Å²) in [5.74, 6) is -0.143. The van der Waals surface area contributed by atoms with Crippen molar-refractivity contribution in [3.63, 3.8) is 0 Å². The first-order valence-corrected chi connectivity index (χ1v) is 10.9. The van der Waals surface area contributed by atoms with Gasteiger partial charge in [0.2, 0.25) is 0 Å². The lowest BCUT2D eigenvalue weighted by Crippen LogP contribution is -2.30.